The molecule has 0 spiro atoms. The van der Waals surface area contributed by atoms with Gasteiger partial charge in [0.05, 0.1) is 0 Å². The van der Waals surface area contributed by atoms with E-state index in [-0.39, 0.29) is 6.04 Å². The van der Waals surface area contributed by atoms with Crippen molar-refractivity contribution >= 4 is 21.4 Å². The summed E-state index contributed by atoms with van der Waals surface area (Å²) in [6.07, 6.45) is 4.33. The Hall–Kier alpha value is -1.65. The second-order valence-electron chi connectivity index (χ2n) is 4.03. The fraction of sp³-hybridized carbons (Fsp3) is 0.154. The van der Waals surface area contributed by atoms with Gasteiger partial charge in [0.25, 0.3) is 0 Å². The number of nitrogens with one attached hydrogen (secondary N) is 1. The lowest BCUT2D eigenvalue weighted by atomic mass is 10.1. The van der Waals surface area contributed by atoms with Gasteiger partial charge in [-0.1, -0.05) is 18.2 Å². The Balaban J connectivity index is 1.88. The van der Waals surface area contributed by atoms with Gasteiger partial charge in [-0.3, -0.25) is 0 Å². The predicted molar refractivity (Wildman–Crippen MR) is 71.0 cm³/mol. The second-order valence-corrected chi connectivity index (χ2v) is 5.15. The molecule has 0 bridgehead atoms. The first-order valence-electron chi connectivity index (χ1n) is 5.55. The van der Waals surface area contributed by atoms with E-state index >= 15 is 0 Å². The van der Waals surface area contributed by atoms with E-state index in [2.05, 4.69) is 40.3 Å². The van der Waals surface area contributed by atoms with Crippen LogP contribution in [0.5, 0.6) is 0 Å². The largest absolute Gasteiger partial charge is 0.349 e. The summed E-state index contributed by atoms with van der Waals surface area (Å²) >= 11 is 1.76. The number of rotatable bonds is 3. The Morgan fingerprint density at radius 2 is 2.24 bits per heavy atom. The molecular formula is C13H13N3S. The topological polar surface area (TPSA) is 54.7 Å². The van der Waals surface area contributed by atoms with Gasteiger partial charge < -0.3 is 10.7 Å². The molecule has 0 aliphatic rings. The Bertz CT molecular complexity index is 579. The Morgan fingerprint density at radius 3 is 3.00 bits per heavy atom. The number of H-pyrrole nitrogens is 1. The summed E-state index contributed by atoms with van der Waals surface area (Å²) in [7, 11) is 0. The lowest BCUT2D eigenvalue weighted by Gasteiger charge is -2.06. The van der Waals surface area contributed by atoms with Crippen LogP contribution in [0.3, 0.4) is 0 Å². The summed E-state index contributed by atoms with van der Waals surface area (Å²) in [6, 6.07) is 10.5. The molecule has 1 atom stereocenters. The maximum absolute atomic E-state index is 6.20. The van der Waals surface area contributed by atoms with Crippen molar-refractivity contribution in [3.05, 3.63) is 53.4 Å². The van der Waals surface area contributed by atoms with Crippen molar-refractivity contribution in [3.8, 4) is 0 Å². The molecule has 3 nitrogen and oxygen atoms in total. The monoisotopic (exact) mass is 243 g/mol. The van der Waals surface area contributed by atoms with Crippen LogP contribution >= 0.6 is 11.3 Å². The summed E-state index contributed by atoms with van der Waals surface area (Å²) in [5, 5.41) is 1.27. The van der Waals surface area contributed by atoms with Crippen LogP contribution in [0.1, 0.15) is 16.7 Å². The zero-order valence-electron chi connectivity index (χ0n) is 9.26. The van der Waals surface area contributed by atoms with E-state index in [0.717, 1.165) is 12.2 Å². The van der Waals surface area contributed by atoms with E-state index in [1.165, 1.54) is 15.0 Å². The van der Waals surface area contributed by atoms with Gasteiger partial charge in [-0.15, -0.1) is 11.3 Å². The molecule has 0 fully saturated rings. The zero-order valence-corrected chi connectivity index (χ0v) is 10.1. The first-order chi connectivity index (χ1) is 8.33. The van der Waals surface area contributed by atoms with Crippen LogP contribution in [0.15, 0.2) is 42.7 Å². The van der Waals surface area contributed by atoms with Gasteiger partial charge >= 0.3 is 0 Å². The fourth-order valence-electron chi connectivity index (χ4n) is 1.90. The molecule has 4 heteroatoms. The number of benzene rings is 1. The predicted octanol–water partition coefficient (Wildman–Crippen LogP) is 2.87. The minimum Gasteiger partial charge on any atom is -0.349 e. The van der Waals surface area contributed by atoms with Crippen molar-refractivity contribution in [2.75, 3.05) is 0 Å². The molecule has 1 unspecified atom stereocenters. The van der Waals surface area contributed by atoms with Crippen molar-refractivity contribution in [1.29, 1.82) is 0 Å². The fourth-order valence-corrected chi connectivity index (χ4v) is 2.97. The van der Waals surface area contributed by atoms with Crippen molar-refractivity contribution in [1.82, 2.24) is 9.97 Å². The first kappa shape index (κ1) is 10.5. The first-order valence-corrected chi connectivity index (χ1v) is 6.37. The number of nitrogens with two attached hydrogens (primary N) is 1. The third-order valence-electron chi connectivity index (χ3n) is 2.78. The molecule has 0 aliphatic carbocycles. The quantitative estimate of drug-likeness (QED) is 0.743. The number of thiophene rings is 1. The minimum atomic E-state index is 0.0125. The minimum absolute atomic E-state index is 0.0125. The number of fused-ring (bicyclic) bond motifs is 1. The van der Waals surface area contributed by atoms with Crippen LogP contribution < -0.4 is 5.73 Å². The van der Waals surface area contributed by atoms with E-state index in [0.29, 0.717) is 0 Å². The van der Waals surface area contributed by atoms with Crippen LogP contribution in [0, 0.1) is 0 Å². The van der Waals surface area contributed by atoms with E-state index in [1.54, 1.807) is 17.5 Å². The zero-order chi connectivity index (χ0) is 11.7. The molecular weight excluding hydrogens is 230 g/mol. The summed E-state index contributed by atoms with van der Waals surface area (Å²) in [6.45, 7) is 0. The number of aromatic nitrogens is 2. The van der Waals surface area contributed by atoms with Gasteiger partial charge in [0, 0.05) is 34.4 Å². The highest BCUT2D eigenvalue weighted by Gasteiger charge is 2.11. The summed E-state index contributed by atoms with van der Waals surface area (Å²) in [5.74, 6) is 0.940. The van der Waals surface area contributed by atoms with Gasteiger partial charge in [0.1, 0.15) is 5.82 Å². The molecule has 2 aromatic heterocycles. The van der Waals surface area contributed by atoms with Crippen LogP contribution in [-0.4, -0.2) is 9.97 Å². The molecule has 2 heterocycles. The highest BCUT2D eigenvalue weighted by atomic mass is 32.1. The summed E-state index contributed by atoms with van der Waals surface area (Å²) in [4.78, 5) is 8.50. The van der Waals surface area contributed by atoms with Crippen molar-refractivity contribution in [2.24, 2.45) is 5.73 Å². The SMILES string of the molecule is NC(Cc1ncc[nH]1)c1cc2ccccc2s1. The van der Waals surface area contributed by atoms with Gasteiger partial charge in [0.2, 0.25) is 0 Å². The van der Waals surface area contributed by atoms with Gasteiger partial charge in [-0.2, -0.15) is 0 Å². The molecule has 0 radical (unpaired) electrons. The maximum Gasteiger partial charge on any atom is 0.107 e. The lowest BCUT2D eigenvalue weighted by molar-refractivity contribution is 0.707. The lowest BCUT2D eigenvalue weighted by Crippen LogP contribution is -2.12. The summed E-state index contributed by atoms with van der Waals surface area (Å²) in [5.41, 5.74) is 6.20. The molecule has 3 aromatic rings. The van der Waals surface area contributed by atoms with Gasteiger partial charge in [-0.25, -0.2) is 4.98 Å². The Kier molecular flexibility index (Phi) is 2.66. The summed E-state index contributed by atoms with van der Waals surface area (Å²) < 4.78 is 1.29. The molecule has 0 saturated carbocycles. The smallest absolute Gasteiger partial charge is 0.107 e. The van der Waals surface area contributed by atoms with Crippen molar-refractivity contribution in [2.45, 2.75) is 12.5 Å². The number of hydrogen-bond donors (Lipinski definition) is 2. The van der Waals surface area contributed by atoms with Gasteiger partial charge in [0.15, 0.2) is 0 Å². The highest BCUT2D eigenvalue weighted by molar-refractivity contribution is 7.19. The van der Waals surface area contributed by atoms with E-state index in [9.17, 15) is 0 Å². The number of imidazole rings is 1. The molecule has 3 N–H and O–H groups in total. The molecule has 0 aliphatic heterocycles. The van der Waals surface area contributed by atoms with Crippen molar-refractivity contribution < 1.29 is 0 Å². The molecule has 0 amide bonds. The Labute approximate surface area is 103 Å². The highest BCUT2D eigenvalue weighted by Crippen LogP contribution is 2.29. The molecule has 3 rings (SSSR count). The second kappa shape index (κ2) is 4.31. The standard InChI is InChI=1S/C13H13N3S/c14-10(8-13-15-5-6-16-13)12-7-9-3-1-2-4-11(9)17-12/h1-7,10H,8,14H2,(H,15,16). The Morgan fingerprint density at radius 1 is 1.35 bits per heavy atom. The average Bonchev–Trinajstić information content (AvgIpc) is 2.96. The maximum atomic E-state index is 6.20. The third-order valence-corrected chi connectivity index (χ3v) is 4.03. The third kappa shape index (κ3) is 2.09. The van der Waals surface area contributed by atoms with Crippen LogP contribution in [0.25, 0.3) is 10.1 Å². The van der Waals surface area contributed by atoms with Crippen LogP contribution in [-0.2, 0) is 6.42 Å². The number of hydrogen-bond acceptors (Lipinski definition) is 3. The van der Waals surface area contributed by atoms with E-state index < -0.39 is 0 Å². The van der Waals surface area contributed by atoms with E-state index in [4.69, 9.17) is 5.73 Å². The van der Waals surface area contributed by atoms with E-state index in [1.807, 2.05) is 6.20 Å². The van der Waals surface area contributed by atoms with Crippen molar-refractivity contribution in [3.63, 3.8) is 0 Å². The molecule has 17 heavy (non-hydrogen) atoms. The van der Waals surface area contributed by atoms with Crippen LogP contribution in [0.2, 0.25) is 0 Å². The number of aromatic amines is 1. The molecule has 1 aromatic carbocycles. The molecule has 0 saturated heterocycles. The molecule has 86 valence electrons. The normalized spacial score (nSPS) is 13.0. The average molecular weight is 243 g/mol. The van der Waals surface area contributed by atoms with Gasteiger partial charge in [-0.05, 0) is 17.5 Å². The van der Waals surface area contributed by atoms with Crippen LogP contribution in [0.4, 0.5) is 0 Å². The number of nitrogens with zero attached hydrogens (tertiary/aromatic N) is 1.